The Labute approximate surface area is 104 Å². The SMILES string of the molecule is CCCNC(=O)CCNC(=O)CC1CCCC1. The van der Waals surface area contributed by atoms with E-state index in [1.54, 1.807) is 0 Å². The van der Waals surface area contributed by atoms with Crippen LogP contribution in [0.3, 0.4) is 0 Å². The van der Waals surface area contributed by atoms with Crippen molar-refractivity contribution in [3.8, 4) is 0 Å². The maximum Gasteiger partial charge on any atom is 0.221 e. The molecule has 0 saturated heterocycles. The largest absolute Gasteiger partial charge is 0.356 e. The summed E-state index contributed by atoms with van der Waals surface area (Å²) < 4.78 is 0. The molecule has 0 aliphatic heterocycles. The van der Waals surface area contributed by atoms with Crippen molar-refractivity contribution in [1.29, 1.82) is 0 Å². The van der Waals surface area contributed by atoms with Crippen LogP contribution in [0, 0.1) is 5.92 Å². The number of hydrogen-bond donors (Lipinski definition) is 2. The van der Waals surface area contributed by atoms with Crippen molar-refractivity contribution in [2.75, 3.05) is 13.1 Å². The minimum atomic E-state index is 0.0213. The first-order chi connectivity index (χ1) is 8.22. The Morgan fingerprint density at radius 2 is 1.71 bits per heavy atom. The molecule has 0 aromatic rings. The second-order valence-corrected chi connectivity index (χ2v) is 4.80. The van der Waals surface area contributed by atoms with Crippen LogP contribution in [0.25, 0.3) is 0 Å². The van der Waals surface area contributed by atoms with Crippen LogP contribution < -0.4 is 10.6 Å². The van der Waals surface area contributed by atoms with E-state index in [-0.39, 0.29) is 11.8 Å². The summed E-state index contributed by atoms with van der Waals surface area (Å²) in [7, 11) is 0. The molecule has 0 heterocycles. The van der Waals surface area contributed by atoms with Gasteiger partial charge >= 0.3 is 0 Å². The Morgan fingerprint density at radius 1 is 1.06 bits per heavy atom. The van der Waals surface area contributed by atoms with Crippen molar-refractivity contribution in [1.82, 2.24) is 10.6 Å². The molecular weight excluding hydrogens is 216 g/mol. The third-order valence-electron chi connectivity index (χ3n) is 3.20. The first kappa shape index (κ1) is 14.0. The molecule has 2 amide bonds. The van der Waals surface area contributed by atoms with Gasteiger partial charge in [0.2, 0.25) is 11.8 Å². The molecule has 4 heteroatoms. The van der Waals surface area contributed by atoms with E-state index in [2.05, 4.69) is 10.6 Å². The van der Waals surface area contributed by atoms with E-state index < -0.39 is 0 Å². The minimum Gasteiger partial charge on any atom is -0.356 e. The molecule has 98 valence electrons. The molecule has 1 fully saturated rings. The van der Waals surface area contributed by atoms with Gasteiger partial charge in [0.05, 0.1) is 0 Å². The van der Waals surface area contributed by atoms with Gasteiger partial charge in [0, 0.05) is 25.9 Å². The number of nitrogens with one attached hydrogen (secondary N) is 2. The van der Waals surface area contributed by atoms with Gasteiger partial charge in [0.15, 0.2) is 0 Å². The predicted octanol–water partition coefficient (Wildman–Crippen LogP) is 1.60. The van der Waals surface area contributed by atoms with Gasteiger partial charge in [-0.1, -0.05) is 19.8 Å². The number of rotatable bonds is 7. The zero-order valence-corrected chi connectivity index (χ0v) is 10.8. The van der Waals surface area contributed by atoms with Crippen molar-refractivity contribution in [3.63, 3.8) is 0 Å². The minimum absolute atomic E-state index is 0.0213. The molecule has 17 heavy (non-hydrogen) atoms. The Bertz CT molecular complexity index is 248. The molecule has 0 aromatic heterocycles. The van der Waals surface area contributed by atoms with Crippen molar-refractivity contribution >= 4 is 11.8 Å². The lowest BCUT2D eigenvalue weighted by Crippen LogP contribution is -2.31. The quantitative estimate of drug-likeness (QED) is 0.710. The second-order valence-electron chi connectivity index (χ2n) is 4.80. The molecule has 0 unspecified atom stereocenters. The highest BCUT2D eigenvalue weighted by atomic mass is 16.2. The number of hydrogen-bond acceptors (Lipinski definition) is 2. The van der Waals surface area contributed by atoms with E-state index in [1.807, 2.05) is 6.92 Å². The molecule has 0 aromatic carbocycles. The second kappa shape index (κ2) is 8.09. The van der Waals surface area contributed by atoms with Crippen LogP contribution in [0.1, 0.15) is 51.9 Å². The van der Waals surface area contributed by atoms with E-state index in [4.69, 9.17) is 0 Å². The lowest BCUT2D eigenvalue weighted by Gasteiger charge is -2.09. The normalized spacial score (nSPS) is 15.8. The summed E-state index contributed by atoms with van der Waals surface area (Å²) in [6, 6.07) is 0. The third kappa shape index (κ3) is 6.29. The van der Waals surface area contributed by atoms with Gasteiger partial charge in [-0.15, -0.1) is 0 Å². The standard InChI is InChI=1S/C13H24N2O2/c1-2-8-14-12(16)7-9-15-13(17)10-11-5-3-4-6-11/h11H,2-10H2,1H3,(H,14,16)(H,15,17). The molecule has 0 spiro atoms. The molecule has 0 radical (unpaired) electrons. The first-order valence-corrected chi connectivity index (χ1v) is 6.75. The zero-order valence-electron chi connectivity index (χ0n) is 10.8. The maximum absolute atomic E-state index is 11.6. The predicted molar refractivity (Wildman–Crippen MR) is 67.5 cm³/mol. The van der Waals surface area contributed by atoms with E-state index in [0.29, 0.717) is 25.3 Å². The Morgan fingerprint density at radius 3 is 2.35 bits per heavy atom. The maximum atomic E-state index is 11.6. The summed E-state index contributed by atoms with van der Waals surface area (Å²) in [4.78, 5) is 22.8. The fourth-order valence-corrected chi connectivity index (χ4v) is 2.22. The Kier molecular flexibility index (Phi) is 6.67. The smallest absolute Gasteiger partial charge is 0.221 e. The topological polar surface area (TPSA) is 58.2 Å². The molecule has 0 atom stereocenters. The Balaban J connectivity index is 2.01. The van der Waals surface area contributed by atoms with Crippen LogP contribution in [0.2, 0.25) is 0 Å². The van der Waals surface area contributed by atoms with Crippen LogP contribution >= 0.6 is 0 Å². The van der Waals surface area contributed by atoms with Gasteiger partial charge in [-0.25, -0.2) is 0 Å². The number of amides is 2. The Hall–Kier alpha value is -1.06. The summed E-state index contributed by atoms with van der Waals surface area (Å²) in [6.07, 6.45) is 6.86. The van der Waals surface area contributed by atoms with Crippen LogP contribution in [0.15, 0.2) is 0 Å². The van der Waals surface area contributed by atoms with Gasteiger partial charge in [-0.3, -0.25) is 9.59 Å². The van der Waals surface area contributed by atoms with Crippen molar-refractivity contribution < 1.29 is 9.59 Å². The molecule has 2 N–H and O–H groups in total. The van der Waals surface area contributed by atoms with Crippen molar-refractivity contribution in [2.24, 2.45) is 5.92 Å². The van der Waals surface area contributed by atoms with Crippen LogP contribution in [-0.4, -0.2) is 24.9 Å². The molecule has 1 aliphatic carbocycles. The van der Waals surface area contributed by atoms with Gasteiger partial charge in [-0.05, 0) is 25.2 Å². The van der Waals surface area contributed by atoms with Crippen LogP contribution in [0.4, 0.5) is 0 Å². The van der Waals surface area contributed by atoms with Gasteiger partial charge in [0.1, 0.15) is 0 Å². The molecule has 0 bridgehead atoms. The molecule has 4 nitrogen and oxygen atoms in total. The fraction of sp³-hybridized carbons (Fsp3) is 0.846. The highest BCUT2D eigenvalue weighted by Crippen LogP contribution is 2.27. The van der Waals surface area contributed by atoms with Gasteiger partial charge in [0.25, 0.3) is 0 Å². The summed E-state index contributed by atoms with van der Waals surface area (Å²) >= 11 is 0. The van der Waals surface area contributed by atoms with E-state index in [1.165, 1.54) is 25.7 Å². The highest BCUT2D eigenvalue weighted by molar-refractivity contribution is 5.79. The number of carbonyl (C=O) groups excluding carboxylic acids is 2. The summed E-state index contributed by atoms with van der Waals surface area (Å²) in [6.45, 7) is 3.19. The summed E-state index contributed by atoms with van der Waals surface area (Å²) in [5, 5.41) is 5.61. The van der Waals surface area contributed by atoms with Crippen molar-refractivity contribution in [3.05, 3.63) is 0 Å². The van der Waals surface area contributed by atoms with Crippen molar-refractivity contribution in [2.45, 2.75) is 51.9 Å². The lowest BCUT2D eigenvalue weighted by molar-refractivity contribution is -0.122. The first-order valence-electron chi connectivity index (χ1n) is 6.75. The van der Waals surface area contributed by atoms with E-state index in [0.717, 1.165) is 13.0 Å². The molecule has 1 aliphatic rings. The summed E-state index contributed by atoms with van der Waals surface area (Å²) in [5.41, 5.74) is 0. The third-order valence-corrected chi connectivity index (χ3v) is 3.20. The highest BCUT2D eigenvalue weighted by Gasteiger charge is 2.18. The number of carbonyl (C=O) groups is 2. The van der Waals surface area contributed by atoms with E-state index in [9.17, 15) is 9.59 Å². The zero-order chi connectivity index (χ0) is 12.5. The molecule has 1 rings (SSSR count). The van der Waals surface area contributed by atoms with Gasteiger partial charge < -0.3 is 10.6 Å². The fourth-order valence-electron chi connectivity index (χ4n) is 2.22. The average Bonchev–Trinajstić information content (AvgIpc) is 2.79. The molecule has 1 saturated carbocycles. The van der Waals surface area contributed by atoms with Crippen LogP contribution in [-0.2, 0) is 9.59 Å². The average molecular weight is 240 g/mol. The monoisotopic (exact) mass is 240 g/mol. The summed E-state index contributed by atoms with van der Waals surface area (Å²) in [5.74, 6) is 0.692. The van der Waals surface area contributed by atoms with Gasteiger partial charge in [-0.2, -0.15) is 0 Å². The lowest BCUT2D eigenvalue weighted by atomic mass is 10.0. The molecular formula is C13H24N2O2. The van der Waals surface area contributed by atoms with E-state index >= 15 is 0 Å². The van der Waals surface area contributed by atoms with Crippen LogP contribution in [0.5, 0.6) is 0 Å².